The first-order valence-electron chi connectivity index (χ1n) is 5.67. The summed E-state index contributed by atoms with van der Waals surface area (Å²) in [7, 11) is 0. The molecule has 0 amide bonds. The lowest BCUT2D eigenvalue weighted by molar-refractivity contribution is 0.0696. The van der Waals surface area contributed by atoms with Crippen molar-refractivity contribution in [3.63, 3.8) is 0 Å². The third-order valence-electron chi connectivity index (χ3n) is 2.66. The number of rotatable bonds is 4. The van der Waals surface area contributed by atoms with Gasteiger partial charge in [0.15, 0.2) is 11.6 Å². The normalized spacial score (nSPS) is 11.9. The minimum absolute atomic E-state index is 0.0225. The van der Waals surface area contributed by atoms with Crippen LogP contribution in [0.1, 0.15) is 28.9 Å². The predicted molar refractivity (Wildman–Crippen MR) is 66.6 cm³/mol. The average Bonchev–Trinajstić information content (AvgIpc) is 2.41. The highest BCUT2D eigenvalue weighted by atomic mass is 19.1. The summed E-state index contributed by atoms with van der Waals surface area (Å²) >= 11 is 0. The number of ether oxygens (including phenoxy) is 1. The van der Waals surface area contributed by atoms with Crippen molar-refractivity contribution in [3.8, 4) is 5.75 Å². The van der Waals surface area contributed by atoms with E-state index in [0.717, 1.165) is 11.6 Å². The first-order chi connectivity index (χ1) is 9.08. The van der Waals surface area contributed by atoms with Gasteiger partial charge in [0.25, 0.3) is 0 Å². The Morgan fingerprint density at radius 2 is 2.00 bits per heavy atom. The molecule has 1 unspecified atom stereocenters. The summed E-state index contributed by atoms with van der Waals surface area (Å²) in [6.45, 7) is 1.78. The zero-order valence-corrected chi connectivity index (χ0v) is 10.2. The molecule has 0 aliphatic carbocycles. The van der Waals surface area contributed by atoms with Crippen LogP contribution < -0.4 is 4.74 Å². The topological polar surface area (TPSA) is 59.4 Å². The molecule has 5 heteroatoms. The van der Waals surface area contributed by atoms with E-state index in [9.17, 15) is 9.18 Å². The molecule has 0 radical (unpaired) electrons. The Morgan fingerprint density at radius 1 is 1.32 bits per heavy atom. The molecule has 1 heterocycles. The number of hydrogen-bond donors (Lipinski definition) is 1. The van der Waals surface area contributed by atoms with E-state index in [-0.39, 0.29) is 17.4 Å². The van der Waals surface area contributed by atoms with Crippen LogP contribution in [0, 0.1) is 5.82 Å². The Bertz CT molecular complexity index is 586. The zero-order valence-electron chi connectivity index (χ0n) is 10.2. The number of pyridine rings is 1. The number of nitrogens with zero attached hydrogens (tertiary/aromatic N) is 1. The summed E-state index contributed by atoms with van der Waals surface area (Å²) in [4.78, 5) is 14.6. The van der Waals surface area contributed by atoms with Crippen molar-refractivity contribution in [2.75, 3.05) is 0 Å². The van der Waals surface area contributed by atoms with Gasteiger partial charge < -0.3 is 9.84 Å². The third-order valence-corrected chi connectivity index (χ3v) is 2.66. The van der Waals surface area contributed by atoms with Gasteiger partial charge in [0.05, 0.1) is 5.56 Å². The van der Waals surface area contributed by atoms with Crippen molar-refractivity contribution < 1.29 is 19.0 Å². The molecule has 0 spiro atoms. The van der Waals surface area contributed by atoms with Crippen LogP contribution in [0.15, 0.2) is 42.7 Å². The molecule has 0 saturated heterocycles. The number of carboxylic acids is 1. The van der Waals surface area contributed by atoms with Crippen LogP contribution in [-0.2, 0) is 0 Å². The van der Waals surface area contributed by atoms with Gasteiger partial charge >= 0.3 is 5.97 Å². The summed E-state index contributed by atoms with van der Waals surface area (Å²) in [6, 6.07) is 7.11. The number of carboxylic acid groups (broad SMARTS) is 1. The van der Waals surface area contributed by atoms with E-state index in [1.807, 2.05) is 0 Å². The lowest BCUT2D eigenvalue weighted by Gasteiger charge is -2.15. The molecular weight excluding hydrogens is 249 g/mol. The highest BCUT2D eigenvalue weighted by Gasteiger charge is 2.13. The quantitative estimate of drug-likeness (QED) is 0.918. The molecule has 4 nitrogen and oxygen atoms in total. The minimum atomic E-state index is -1.17. The minimum Gasteiger partial charge on any atom is -0.483 e. The average molecular weight is 261 g/mol. The Kier molecular flexibility index (Phi) is 3.75. The van der Waals surface area contributed by atoms with E-state index < -0.39 is 11.8 Å². The highest BCUT2D eigenvalue weighted by Crippen LogP contribution is 2.24. The third kappa shape index (κ3) is 3.07. The SMILES string of the molecule is CC(Oc1ccc(C(=O)O)cc1F)c1ccncc1. The van der Waals surface area contributed by atoms with Crippen LogP contribution in [0.25, 0.3) is 0 Å². The second kappa shape index (κ2) is 5.48. The first-order valence-corrected chi connectivity index (χ1v) is 5.67. The molecule has 1 aromatic carbocycles. The second-order valence-corrected chi connectivity index (χ2v) is 3.99. The monoisotopic (exact) mass is 261 g/mol. The zero-order chi connectivity index (χ0) is 13.8. The lowest BCUT2D eigenvalue weighted by atomic mass is 10.1. The predicted octanol–water partition coefficient (Wildman–Crippen LogP) is 3.06. The van der Waals surface area contributed by atoms with E-state index in [2.05, 4.69) is 4.98 Å². The molecule has 1 atom stereocenters. The van der Waals surface area contributed by atoms with Gasteiger partial charge in [-0.15, -0.1) is 0 Å². The maximum atomic E-state index is 13.7. The van der Waals surface area contributed by atoms with E-state index in [1.54, 1.807) is 31.5 Å². The van der Waals surface area contributed by atoms with E-state index >= 15 is 0 Å². The molecule has 0 fully saturated rings. The molecule has 0 aliphatic rings. The van der Waals surface area contributed by atoms with Gasteiger partial charge in [-0.2, -0.15) is 0 Å². The second-order valence-electron chi connectivity index (χ2n) is 3.99. The molecule has 0 aliphatic heterocycles. The van der Waals surface area contributed by atoms with Crippen LogP contribution >= 0.6 is 0 Å². The number of benzene rings is 1. The van der Waals surface area contributed by atoms with Gasteiger partial charge in [0.2, 0.25) is 0 Å². The number of halogens is 1. The molecule has 0 bridgehead atoms. The van der Waals surface area contributed by atoms with Crippen molar-refractivity contribution in [1.29, 1.82) is 0 Å². The maximum absolute atomic E-state index is 13.7. The highest BCUT2D eigenvalue weighted by molar-refractivity contribution is 5.87. The van der Waals surface area contributed by atoms with Crippen LogP contribution in [-0.4, -0.2) is 16.1 Å². The van der Waals surface area contributed by atoms with Crippen LogP contribution in [0.4, 0.5) is 4.39 Å². The maximum Gasteiger partial charge on any atom is 0.335 e. The standard InChI is InChI=1S/C14H12FNO3/c1-9(10-4-6-16-7-5-10)19-13-3-2-11(14(17)18)8-12(13)15/h2-9H,1H3,(H,17,18). The number of carbonyl (C=O) groups is 1. The number of hydrogen-bond acceptors (Lipinski definition) is 3. The van der Waals surface area contributed by atoms with Crippen molar-refractivity contribution in [2.24, 2.45) is 0 Å². The van der Waals surface area contributed by atoms with Crippen LogP contribution in [0.5, 0.6) is 5.75 Å². The Labute approximate surface area is 109 Å². The van der Waals surface area contributed by atoms with E-state index in [1.165, 1.54) is 12.1 Å². The number of aromatic nitrogens is 1. The molecule has 2 rings (SSSR count). The molecule has 0 saturated carbocycles. The molecule has 19 heavy (non-hydrogen) atoms. The van der Waals surface area contributed by atoms with Gasteiger partial charge in [-0.25, -0.2) is 9.18 Å². The van der Waals surface area contributed by atoms with Crippen molar-refractivity contribution >= 4 is 5.97 Å². The summed E-state index contributed by atoms with van der Waals surface area (Å²) in [5.74, 6) is -1.84. The largest absolute Gasteiger partial charge is 0.483 e. The molecule has 2 aromatic rings. The molecule has 98 valence electrons. The van der Waals surface area contributed by atoms with Crippen molar-refractivity contribution in [3.05, 3.63) is 59.7 Å². The van der Waals surface area contributed by atoms with Gasteiger partial charge in [-0.3, -0.25) is 4.98 Å². The fraction of sp³-hybridized carbons (Fsp3) is 0.143. The Balaban J connectivity index is 2.18. The van der Waals surface area contributed by atoms with Gasteiger partial charge in [-0.05, 0) is 42.8 Å². The number of aromatic carboxylic acids is 1. The fourth-order valence-electron chi connectivity index (χ4n) is 1.62. The lowest BCUT2D eigenvalue weighted by Crippen LogP contribution is -2.05. The van der Waals surface area contributed by atoms with Gasteiger partial charge in [-0.1, -0.05) is 0 Å². The Morgan fingerprint density at radius 3 is 2.58 bits per heavy atom. The molecule has 1 N–H and O–H groups in total. The van der Waals surface area contributed by atoms with Crippen molar-refractivity contribution in [2.45, 2.75) is 13.0 Å². The fourth-order valence-corrected chi connectivity index (χ4v) is 1.62. The van der Waals surface area contributed by atoms with Crippen LogP contribution in [0.3, 0.4) is 0 Å². The summed E-state index contributed by atoms with van der Waals surface area (Å²) in [5, 5.41) is 8.75. The van der Waals surface area contributed by atoms with Gasteiger partial charge in [0.1, 0.15) is 6.10 Å². The Hall–Kier alpha value is -2.43. The van der Waals surface area contributed by atoms with E-state index in [0.29, 0.717) is 0 Å². The summed E-state index contributed by atoms with van der Waals surface area (Å²) in [5.41, 5.74) is 0.748. The first kappa shape index (κ1) is 13.0. The summed E-state index contributed by atoms with van der Waals surface area (Å²) in [6.07, 6.45) is 2.89. The molecular formula is C14H12FNO3. The van der Waals surface area contributed by atoms with Gasteiger partial charge in [0, 0.05) is 12.4 Å². The van der Waals surface area contributed by atoms with Crippen molar-refractivity contribution in [1.82, 2.24) is 4.98 Å². The van der Waals surface area contributed by atoms with Crippen LogP contribution in [0.2, 0.25) is 0 Å². The van der Waals surface area contributed by atoms with E-state index in [4.69, 9.17) is 9.84 Å². The smallest absolute Gasteiger partial charge is 0.335 e. The summed E-state index contributed by atoms with van der Waals surface area (Å²) < 4.78 is 19.2. The molecule has 1 aromatic heterocycles.